The number of methoxy groups -OCH3 is 1. The molecule has 0 N–H and O–H groups in total. The largest absolute Gasteiger partial charge is 0.384 e. The molecule has 4 aliphatic carbocycles. The van der Waals surface area contributed by atoms with E-state index in [0.29, 0.717) is 16.2 Å². The fourth-order valence-corrected chi connectivity index (χ4v) is 8.82. The summed E-state index contributed by atoms with van der Waals surface area (Å²) in [6, 6.07) is 0. The average Bonchev–Trinajstić information content (AvgIpc) is 2.93. The second-order valence-corrected chi connectivity index (χ2v) is 11.6. The SMILES string of the molecule is C=C(C)[C@H]1CC[C@H]2[C@@H]3CC[C@@H]4C[C@@](C)(COC)CC[C@]4(C)[C@H]3CC[C@]12C. The molecule has 0 amide bonds. The Bertz CT molecular complexity index is 567. The van der Waals surface area contributed by atoms with E-state index in [4.69, 9.17) is 4.74 Å². The van der Waals surface area contributed by atoms with E-state index in [-0.39, 0.29) is 0 Å². The van der Waals surface area contributed by atoms with Crippen LogP contribution in [0.2, 0.25) is 0 Å². The lowest BCUT2D eigenvalue weighted by Crippen LogP contribution is -2.54. The van der Waals surface area contributed by atoms with Crippen LogP contribution in [0.5, 0.6) is 0 Å². The van der Waals surface area contributed by atoms with Crippen molar-refractivity contribution in [1.29, 1.82) is 0 Å². The first-order valence-corrected chi connectivity index (χ1v) is 11.4. The lowest BCUT2D eigenvalue weighted by molar-refractivity contribution is -0.133. The highest BCUT2D eigenvalue weighted by Gasteiger charge is 2.60. The smallest absolute Gasteiger partial charge is 0.0516 e. The molecule has 4 aliphatic rings. The van der Waals surface area contributed by atoms with Gasteiger partial charge in [-0.2, -0.15) is 0 Å². The van der Waals surface area contributed by atoms with Crippen LogP contribution in [-0.4, -0.2) is 13.7 Å². The highest BCUT2D eigenvalue weighted by Crippen LogP contribution is 2.69. The molecule has 148 valence electrons. The standard InChI is InChI=1S/C25H42O/c1-17(2)20-9-10-21-19-8-7-18-15-23(3,16-26-6)13-14-24(18,4)22(19)11-12-25(20,21)5/h18-22H,1,7-16H2,2-6H3/t18-,19+,20-,21+,22+,23+,24+,25-/m1/s1. The van der Waals surface area contributed by atoms with E-state index in [0.717, 1.165) is 36.2 Å². The summed E-state index contributed by atoms with van der Waals surface area (Å²) in [6.07, 6.45) is 13.0. The second-order valence-electron chi connectivity index (χ2n) is 11.6. The van der Waals surface area contributed by atoms with Gasteiger partial charge >= 0.3 is 0 Å². The number of allylic oxidation sites excluding steroid dienone is 1. The summed E-state index contributed by atoms with van der Waals surface area (Å²) in [4.78, 5) is 0. The van der Waals surface area contributed by atoms with E-state index in [9.17, 15) is 0 Å². The van der Waals surface area contributed by atoms with E-state index >= 15 is 0 Å². The molecule has 4 fully saturated rings. The van der Waals surface area contributed by atoms with Gasteiger partial charge in [0.15, 0.2) is 0 Å². The summed E-state index contributed by atoms with van der Waals surface area (Å²) in [7, 11) is 1.88. The van der Waals surface area contributed by atoms with Crippen LogP contribution in [0.3, 0.4) is 0 Å². The molecule has 0 radical (unpaired) electrons. The van der Waals surface area contributed by atoms with Crippen LogP contribution >= 0.6 is 0 Å². The Hall–Kier alpha value is -0.300. The summed E-state index contributed by atoms with van der Waals surface area (Å²) in [6.45, 7) is 15.4. The Morgan fingerprint density at radius 2 is 1.65 bits per heavy atom. The average molecular weight is 359 g/mol. The van der Waals surface area contributed by atoms with Crippen molar-refractivity contribution in [2.75, 3.05) is 13.7 Å². The Labute approximate surface area is 162 Å². The molecule has 4 saturated carbocycles. The maximum Gasteiger partial charge on any atom is 0.0516 e. The van der Waals surface area contributed by atoms with E-state index in [2.05, 4.69) is 34.3 Å². The molecule has 0 unspecified atom stereocenters. The van der Waals surface area contributed by atoms with Crippen LogP contribution in [0.1, 0.15) is 85.5 Å². The summed E-state index contributed by atoms with van der Waals surface area (Å²) in [5.41, 5.74) is 3.03. The summed E-state index contributed by atoms with van der Waals surface area (Å²) in [5, 5.41) is 0. The minimum atomic E-state index is 0.424. The molecule has 0 aromatic carbocycles. The Morgan fingerprint density at radius 1 is 0.923 bits per heavy atom. The van der Waals surface area contributed by atoms with Crippen molar-refractivity contribution < 1.29 is 4.74 Å². The van der Waals surface area contributed by atoms with Crippen LogP contribution in [0, 0.1) is 45.8 Å². The van der Waals surface area contributed by atoms with E-state index < -0.39 is 0 Å². The van der Waals surface area contributed by atoms with Crippen molar-refractivity contribution in [3.63, 3.8) is 0 Å². The van der Waals surface area contributed by atoms with Gasteiger partial charge in [0.05, 0.1) is 6.61 Å². The molecule has 0 aliphatic heterocycles. The Balaban J connectivity index is 1.56. The molecule has 0 heterocycles. The maximum atomic E-state index is 5.60. The van der Waals surface area contributed by atoms with Gasteiger partial charge in [0.1, 0.15) is 0 Å². The third kappa shape index (κ3) is 2.66. The highest BCUT2D eigenvalue weighted by molar-refractivity contribution is 5.15. The van der Waals surface area contributed by atoms with Crippen LogP contribution in [0.4, 0.5) is 0 Å². The van der Waals surface area contributed by atoms with Gasteiger partial charge in [0, 0.05) is 7.11 Å². The third-order valence-electron chi connectivity index (χ3n) is 10.2. The van der Waals surface area contributed by atoms with Crippen LogP contribution < -0.4 is 0 Å². The molecule has 26 heavy (non-hydrogen) atoms. The minimum absolute atomic E-state index is 0.424. The molecule has 1 heteroatoms. The van der Waals surface area contributed by atoms with Gasteiger partial charge in [-0.25, -0.2) is 0 Å². The zero-order valence-corrected chi connectivity index (χ0v) is 18.1. The molecule has 8 atom stereocenters. The molecule has 1 nitrogen and oxygen atoms in total. The maximum absolute atomic E-state index is 5.60. The molecule has 0 aromatic rings. The van der Waals surface area contributed by atoms with Crippen molar-refractivity contribution in [3.8, 4) is 0 Å². The number of fused-ring (bicyclic) bond motifs is 5. The molecule has 0 spiro atoms. The van der Waals surface area contributed by atoms with Gasteiger partial charge < -0.3 is 4.74 Å². The molecular weight excluding hydrogens is 316 g/mol. The first-order chi connectivity index (χ1) is 12.2. The van der Waals surface area contributed by atoms with Gasteiger partial charge in [0.25, 0.3) is 0 Å². The fourth-order valence-electron chi connectivity index (χ4n) is 8.82. The van der Waals surface area contributed by atoms with Crippen molar-refractivity contribution in [1.82, 2.24) is 0 Å². The molecular formula is C25H42O. The zero-order valence-electron chi connectivity index (χ0n) is 18.1. The van der Waals surface area contributed by atoms with Gasteiger partial charge in [0.2, 0.25) is 0 Å². The summed E-state index contributed by atoms with van der Waals surface area (Å²) >= 11 is 0. The first-order valence-electron chi connectivity index (χ1n) is 11.4. The predicted octanol–water partition coefficient (Wildman–Crippen LogP) is 6.87. The van der Waals surface area contributed by atoms with Crippen molar-refractivity contribution in [2.45, 2.75) is 85.5 Å². The number of ether oxygens (including phenoxy) is 1. The van der Waals surface area contributed by atoms with Crippen LogP contribution in [0.15, 0.2) is 12.2 Å². The van der Waals surface area contributed by atoms with Crippen molar-refractivity contribution in [2.24, 2.45) is 45.8 Å². The summed E-state index contributed by atoms with van der Waals surface area (Å²) in [5.74, 6) is 4.66. The van der Waals surface area contributed by atoms with Crippen molar-refractivity contribution >= 4 is 0 Å². The van der Waals surface area contributed by atoms with Crippen LogP contribution in [0.25, 0.3) is 0 Å². The quantitative estimate of drug-likeness (QED) is 0.500. The van der Waals surface area contributed by atoms with E-state index in [1.165, 1.54) is 63.4 Å². The van der Waals surface area contributed by atoms with Gasteiger partial charge in [-0.15, -0.1) is 0 Å². The lowest BCUT2D eigenvalue weighted by Gasteiger charge is -2.62. The van der Waals surface area contributed by atoms with E-state index in [1.807, 2.05) is 7.11 Å². The second kappa shape index (κ2) is 6.36. The first kappa shape index (κ1) is 19.0. The molecule has 4 rings (SSSR count). The monoisotopic (exact) mass is 358 g/mol. The van der Waals surface area contributed by atoms with E-state index in [1.54, 1.807) is 0 Å². The third-order valence-corrected chi connectivity index (χ3v) is 10.2. The number of hydrogen-bond donors (Lipinski definition) is 0. The molecule has 0 bridgehead atoms. The minimum Gasteiger partial charge on any atom is -0.384 e. The number of hydrogen-bond acceptors (Lipinski definition) is 1. The predicted molar refractivity (Wildman–Crippen MR) is 110 cm³/mol. The Kier molecular flexibility index (Phi) is 4.66. The van der Waals surface area contributed by atoms with Gasteiger partial charge in [-0.3, -0.25) is 0 Å². The highest BCUT2D eigenvalue weighted by atomic mass is 16.5. The van der Waals surface area contributed by atoms with Crippen molar-refractivity contribution in [3.05, 3.63) is 12.2 Å². The normalized spacial score (nSPS) is 53.5. The summed E-state index contributed by atoms with van der Waals surface area (Å²) < 4.78 is 5.60. The lowest BCUT2D eigenvalue weighted by atomic mass is 9.43. The van der Waals surface area contributed by atoms with Gasteiger partial charge in [-0.05, 0) is 111 Å². The molecule has 0 aromatic heterocycles. The zero-order chi connectivity index (χ0) is 18.7. The Morgan fingerprint density at radius 3 is 2.35 bits per heavy atom. The number of rotatable bonds is 3. The van der Waals surface area contributed by atoms with Crippen LogP contribution in [-0.2, 0) is 4.74 Å². The van der Waals surface area contributed by atoms with Gasteiger partial charge in [-0.1, -0.05) is 32.9 Å². The molecule has 0 saturated heterocycles. The fraction of sp³-hybridized carbons (Fsp3) is 0.920. The topological polar surface area (TPSA) is 9.23 Å².